The maximum Gasteiger partial charge on any atom is 0.119 e. The molecule has 0 aliphatic carbocycles. The maximum absolute atomic E-state index is 9.89. The zero-order valence-corrected chi connectivity index (χ0v) is 12.4. The highest BCUT2D eigenvalue weighted by atomic mass is 16.5. The van der Waals surface area contributed by atoms with Crippen LogP contribution in [0.5, 0.6) is 5.75 Å². The van der Waals surface area contributed by atoms with Gasteiger partial charge in [0.15, 0.2) is 0 Å². The number of hydrogen-bond acceptors (Lipinski definition) is 2. The smallest absolute Gasteiger partial charge is 0.119 e. The summed E-state index contributed by atoms with van der Waals surface area (Å²) in [4.78, 5) is 0. The van der Waals surface area contributed by atoms with Crippen LogP contribution < -0.4 is 4.74 Å². The highest BCUT2D eigenvalue weighted by Gasteiger charge is 2.26. The third kappa shape index (κ3) is 3.20. The molecule has 2 aromatic rings. The van der Waals surface area contributed by atoms with Gasteiger partial charge in [-0.15, -0.1) is 0 Å². The average Bonchev–Trinajstić information content (AvgIpc) is 2.47. The molecule has 1 unspecified atom stereocenters. The monoisotopic (exact) mass is 270 g/mol. The van der Waals surface area contributed by atoms with Crippen LogP contribution in [0.15, 0.2) is 48.5 Å². The molecular formula is C18H22O2. The lowest BCUT2D eigenvalue weighted by Crippen LogP contribution is -2.29. The summed E-state index contributed by atoms with van der Waals surface area (Å²) in [6.45, 7) is 4.29. The fourth-order valence-electron chi connectivity index (χ4n) is 2.50. The topological polar surface area (TPSA) is 29.5 Å². The number of hydrogen-bond donors (Lipinski definition) is 1. The summed E-state index contributed by atoms with van der Waals surface area (Å²) < 4.78 is 5.27. The zero-order chi connectivity index (χ0) is 14.6. The number of ether oxygens (including phenoxy) is 1. The van der Waals surface area contributed by atoms with E-state index in [2.05, 4.69) is 38.1 Å². The van der Waals surface area contributed by atoms with E-state index in [0.717, 1.165) is 12.2 Å². The van der Waals surface area contributed by atoms with Gasteiger partial charge in [-0.1, -0.05) is 48.9 Å². The molecule has 1 N–H and O–H groups in total. The molecule has 106 valence electrons. The van der Waals surface area contributed by atoms with Crippen molar-refractivity contribution in [3.63, 3.8) is 0 Å². The summed E-state index contributed by atoms with van der Waals surface area (Å²) in [5, 5.41) is 9.89. The van der Waals surface area contributed by atoms with Crippen LogP contribution in [0.4, 0.5) is 0 Å². The van der Waals surface area contributed by atoms with Gasteiger partial charge in [-0.2, -0.15) is 0 Å². The molecule has 1 atom stereocenters. The first kappa shape index (κ1) is 14.6. The van der Waals surface area contributed by atoms with Crippen molar-refractivity contribution in [1.29, 1.82) is 0 Å². The zero-order valence-electron chi connectivity index (χ0n) is 12.4. The van der Waals surface area contributed by atoms with Crippen LogP contribution in [0, 0.1) is 6.92 Å². The van der Waals surface area contributed by atoms with Crippen molar-refractivity contribution in [3.8, 4) is 5.75 Å². The quantitative estimate of drug-likeness (QED) is 0.901. The molecule has 0 aromatic heterocycles. The minimum atomic E-state index is -0.279. The van der Waals surface area contributed by atoms with Gasteiger partial charge < -0.3 is 9.84 Å². The predicted molar refractivity (Wildman–Crippen MR) is 82.3 cm³/mol. The van der Waals surface area contributed by atoms with Gasteiger partial charge in [0.25, 0.3) is 0 Å². The van der Waals surface area contributed by atoms with Gasteiger partial charge in [0.2, 0.25) is 0 Å². The van der Waals surface area contributed by atoms with Crippen molar-refractivity contribution in [3.05, 3.63) is 65.2 Å². The Balaban J connectivity index is 2.31. The van der Waals surface area contributed by atoms with Crippen LogP contribution in [0.2, 0.25) is 0 Å². The maximum atomic E-state index is 9.89. The molecule has 0 saturated heterocycles. The highest BCUT2D eigenvalue weighted by Crippen LogP contribution is 2.29. The van der Waals surface area contributed by atoms with Gasteiger partial charge in [-0.05, 0) is 36.6 Å². The second-order valence-corrected chi connectivity index (χ2v) is 5.62. The van der Waals surface area contributed by atoms with E-state index in [-0.39, 0.29) is 12.0 Å². The Labute approximate surface area is 121 Å². The molecule has 0 amide bonds. The van der Waals surface area contributed by atoms with E-state index < -0.39 is 0 Å². The Bertz CT molecular complexity index is 577. The van der Waals surface area contributed by atoms with Crippen molar-refractivity contribution in [2.45, 2.75) is 25.7 Å². The van der Waals surface area contributed by atoms with E-state index in [9.17, 15) is 5.11 Å². The molecule has 2 heteroatoms. The summed E-state index contributed by atoms with van der Waals surface area (Å²) >= 11 is 0. The van der Waals surface area contributed by atoms with Crippen LogP contribution in [0.3, 0.4) is 0 Å². The molecule has 20 heavy (non-hydrogen) atoms. The van der Waals surface area contributed by atoms with Crippen molar-refractivity contribution in [2.75, 3.05) is 13.7 Å². The normalized spacial score (nSPS) is 13.8. The Morgan fingerprint density at radius 3 is 2.50 bits per heavy atom. The molecule has 0 aliphatic heterocycles. The number of methoxy groups -OCH3 is 1. The second-order valence-electron chi connectivity index (χ2n) is 5.62. The van der Waals surface area contributed by atoms with E-state index in [1.54, 1.807) is 7.11 Å². The molecular weight excluding hydrogens is 248 g/mol. The molecule has 0 bridgehead atoms. The molecule has 0 saturated carbocycles. The van der Waals surface area contributed by atoms with E-state index in [1.807, 2.05) is 24.3 Å². The molecule has 2 nitrogen and oxygen atoms in total. The Kier molecular flexibility index (Phi) is 4.46. The number of aliphatic hydroxyl groups is 1. The largest absolute Gasteiger partial charge is 0.497 e. The van der Waals surface area contributed by atoms with E-state index in [4.69, 9.17) is 4.74 Å². The van der Waals surface area contributed by atoms with Crippen LogP contribution in [-0.4, -0.2) is 18.8 Å². The summed E-state index contributed by atoms with van der Waals surface area (Å²) in [5.41, 5.74) is 3.27. The third-order valence-corrected chi connectivity index (χ3v) is 3.79. The molecule has 2 rings (SSSR count). The number of rotatable bonds is 5. The van der Waals surface area contributed by atoms with E-state index in [0.29, 0.717) is 0 Å². The van der Waals surface area contributed by atoms with Crippen LogP contribution in [0.1, 0.15) is 23.6 Å². The molecule has 0 heterocycles. The van der Waals surface area contributed by atoms with Crippen LogP contribution >= 0.6 is 0 Å². The third-order valence-electron chi connectivity index (χ3n) is 3.79. The standard InChI is InChI=1S/C18H22O2/c1-14-6-4-8-16(10-14)18(2,13-19)12-15-7-5-9-17(11-15)20-3/h4-11,19H,12-13H2,1-3H3. The molecule has 0 radical (unpaired) electrons. The van der Waals surface area contributed by atoms with Crippen LogP contribution in [-0.2, 0) is 11.8 Å². The predicted octanol–water partition coefficient (Wildman–Crippen LogP) is 3.50. The molecule has 0 spiro atoms. The van der Waals surface area contributed by atoms with Crippen LogP contribution in [0.25, 0.3) is 0 Å². The average molecular weight is 270 g/mol. The van der Waals surface area contributed by atoms with Crippen molar-refractivity contribution < 1.29 is 9.84 Å². The first-order valence-corrected chi connectivity index (χ1v) is 6.88. The van der Waals surface area contributed by atoms with E-state index >= 15 is 0 Å². The molecule has 0 aliphatic rings. The Morgan fingerprint density at radius 1 is 1.10 bits per heavy atom. The fraction of sp³-hybridized carbons (Fsp3) is 0.333. The summed E-state index contributed by atoms with van der Waals surface area (Å²) in [6, 6.07) is 16.4. The van der Waals surface area contributed by atoms with Crippen molar-refractivity contribution >= 4 is 0 Å². The molecule has 2 aromatic carbocycles. The Morgan fingerprint density at radius 2 is 1.85 bits per heavy atom. The summed E-state index contributed by atoms with van der Waals surface area (Å²) in [6.07, 6.45) is 0.782. The lowest BCUT2D eigenvalue weighted by molar-refractivity contribution is 0.204. The minimum Gasteiger partial charge on any atom is -0.497 e. The van der Waals surface area contributed by atoms with Gasteiger partial charge in [0.1, 0.15) is 5.75 Å². The first-order valence-electron chi connectivity index (χ1n) is 6.88. The lowest BCUT2D eigenvalue weighted by atomic mass is 9.77. The van der Waals surface area contributed by atoms with Gasteiger partial charge in [-0.25, -0.2) is 0 Å². The fourth-order valence-corrected chi connectivity index (χ4v) is 2.50. The Hall–Kier alpha value is -1.80. The molecule has 0 fully saturated rings. The van der Waals surface area contributed by atoms with Gasteiger partial charge in [0, 0.05) is 5.41 Å². The van der Waals surface area contributed by atoms with Gasteiger partial charge in [0.05, 0.1) is 13.7 Å². The van der Waals surface area contributed by atoms with Gasteiger partial charge >= 0.3 is 0 Å². The lowest BCUT2D eigenvalue weighted by Gasteiger charge is -2.28. The van der Waals surface area contributed by atoms with Gasteiger partial charge in [-0.3, -0.25) is 0 Å². The first-order chi connectivity index (χ1) is 9.57. The number of aliphatic hydroxyl groups excluding tert-OH is 1. The van der Waals surface area contributed by atoms with E-state index in [1.165, 1.54) is 16.7 Å². The second kappa shape index (κ2) is 6.10. The highest BCUT2D eigenvalue weighted by molar-refractivity contribution is 5.34. The summed E-state index contributed by atoms with van der Waals surface area (Å²) in [7, 11) is 1.67. The SMILES string of the molecule is COc1cccc(CC(C)(CO)c2cccc(C)c2)c1. The number of benzene rings is 2. The van der Waals surface area contributed by atoms with Crippen molar-refractivity contribution in [1.82, 2.24) is 0 Å². The van der Waals surface area contributed by atoms with Crippen molar-refractivity contribution in [2.24, 2.45) is 0 Å². The minimum absolute atomic E-state index is 0.119. The summed E-state index contributed by atoms with van der Waals surface area (Å²) in [5.74, 6) is 0.854. The number of aryl methyl sites for hydroxylation is 1.